The number of rotatable bonds is 8. The van der Waals surface area contributed by atoms with Crippen molar-refractivity contribution in [3.8, 4) is 0 Å². The van der Waals surface area contributed by atoms with Crippen LogP contribution in [0.25, 0.3) is 0 Å². The number of urea groups is 1. The van der Waals surface area contributed by atoms with Crippen molar-refractivity contribution < 1.29 is 28.2 Å². The van der Waals surface area contributed by atoms with Gasteiger partial charge in [-0.05, 0) is 11.4 Å². The van der Waals surface area contributed by atoms with Crippen LogP contribution in [0, 0.1) is 0 Å². The summed E-state index contributed by atoms with van der Waals surface area (Å²) in [5, 5.41) is 15.3. The van der Waals surface area contributed by atoms with Gasteiger partial charge in [-0.3, -0.25) is 0 Å². The predicted molar refractivity (Wildman–Crippen MR) is 68.1 cm³/mol. The van der Waals surface area contributed by atoms with Crippen molar-refractivity contribution in [1.82, 2.24) is 10.6 Å². The highest BCUT2D eigenvalue weighted by atomic mass is 32.1. The summed E-state index contributed by atoms with van der Waals surface area (Å²) in [5.41, 5.74) is 0. The summed E-state index contributed by atoms with van der Waals surface area (Å²) in [4.78, 5) is 23.0. The molecule has 0 bridgehead atoms. The zero-order chi connectivity index (χ0) is 15.0. The van der Waals surface area contributed by atoms with Crippen molar-refractivity contribution in [2.45, 2.75) is 12.5 Å². The lowest BCUT2D eigenvalue weighted by Crippen LogP contribution is -2.41. The maximum atomic E-state index is 11.7. The van der Waals surface area contributed by atoms with E-state index in [0.29, 0.717) is 4.88 Å². The van der Waals surface area contributed by atoms with Crippen LogP contribution in [0.5, 0.6) is 0 Å². The number of ether oxygens (including phenoxy) is 1. The van der Waals surface area contributed by atoms with E-state index in [0.717, 1.165) is 0 Å². The molecule has 9 heteroatoms. The summed E-state index contributed by atoms with van der Waals surface area (Å²) in [5.74, 6) is -1.18. The molecule has 20 heavy (non-hydrogen) atoms. The van der Waals surface area contributed by atoms with Crippen LogP contribution >= 0.6 is 11.3 Å². The Kier molecular flexibility index (Phi) is 6.88. The second-order valence-electron chi connectivity index (χ2n) is 3.65. The zero-order valence-electron chi connectivity index (χ0n) is 10.3. The average molecular weight is 308 g/mol. The first-order valence-electron chi connectivity index (χ1n) is 5.67. The minimum absolute atomic E-state index is 0.00926. The van der Waals surface area contributed by atoms with Crippen LogP contribution in [0.15, 0.2) is 17.5 Å². The predicted octanol–water partition coefficient (Wildman–Crippen LogP) is 1.45. The largest absolute Gasteiger partial charge is 0.479 e. The van der Waals surface area contributed by atoms with Gasteiger partial charge in [-0.15, -0.1) is 11.3 Å². The highest BCUT2D eigenvalue weighted by Gasteiger charge is 2.22. The highest BCUT2D eigenvalue weighted by Crippen LogP contribution is 2.18. The fourth-order valence-electron chi connectivity index (χ4n) is 1.30. The molecule has 2 amide bonds. The molecule has 0 radical (unpaired) electrons. The Bertz CT molecular complexity index is 428. The van der Waals surface area contributed by atoms with E-state index in [1.807, 2.05) is 0 Å². The van der Waals surface area contributed by atoms with Gasteiger partial charge >= 0.3 is 12.0 Å². The van der Waals surface area contributed by atoms with Gasteiger partial charge in [0.25, 0.3) is 6.43 Å². The van der Waals surface area contributed by atoms with E-state index in [4.69, 9.17) is 5.11 Å². The van der Waals surface area contributed by atoms with Crippen molar-refractivity contribution in [2.75, 3.05) is 19.8 Å². The Morgan fingerprint density at radius 1 is 1.45 bits per heavy atom. The van der Waals surface area contributed by atoms with E-state index in [2.05, 4.69) is 15.4 Å². The molecule has 0 aliphatic carbocycles. The number of hydrogen-bond donors (Lipinski definition) is 3. The minimum Gasteiger partial charge on any atom is -0.479 e. The Morgan fingerprint density at radius 3 is 2.75 bits per heavy atom. The van der Waals surface area contributed by atoms with Crippen LogP contribution in [0.4, 0.5) is 13.6 Å². The molecule has 1 aromatic rings. The van der Waals surface area contributed by atoms with Crippen molar-refractivity contribution >= 4 is 23.3 Å². The Labute approximate surface area is 117 Å². The molecule has 0 aliphatic heterocycles. The van der Waals surface area contributed by atoms with Crippen molar-refractivity contribution in [2.24, 2.45) is 0 Å². The number of amides is 2. The molecule has 1 heterocycles. The number of hydrogen-bond acceptors (Lipinski definition) is 4. The lowest BCUT2D eigenvalue weighted by atomic mass is 10.2. The summed E-state index contributed by atoms with van der Waals surface area (Å²) in [6.07, 6.45) is -2.56. The number of carboxylic acids is 1. The average Bonchev–Trinajstić information content (AvgIpc) is 2.88. The number of aliphatic carboxylic acids is 1. The number of carbonyl (C=O) groups is 2. The first-order chi connectivity index (χ1) is 9.50. The lowest BCUT2D eigenvalue weighted by molar-refractivity contribution is -0.139. The Morgan fingerprint density at radius 2 is 2.20 bits per heavy atom. The van der Waals surface area contributed by atoms with E-state index >= 15 is 0 Å². The standard InChI is InChI=1S/C11H14F2N2O4S/c12-8(13)6-19-4-3-14-11(18)15-9(10(16)17)7-2-1-5-20-7/h1-2,5,8-9H,3-4,6H2,(H,16,17)(H2,14,15,18). The second kappa shape index (κ2) is 8.43. The van der Waals surface area contributed by atoms with Crippen molar-refractivity contribution in [1.29, 1.82) is 0 Å². The smallest absolute Gasteiger partial charge is 0.331 e. The van der Waals surface area contributed by atoms with E-state index in [1.54, 1.807) is 17.5 Å². The summed E-state index contributed by atoms with van der Waals surface area (Å²) >= 11 is 1.21. The molecular formula is C11H14F2N2O4S. The quantitative estimate of drug-likeness (QED) is 0.634. The third-order valence-corrected chi connectivity index (χ3v) is 3.06. The first-order valence-corrected chi connectivity index (χ1v) is 6.55. The van der Waals surface area contributed by atoms with Crippen LogP contribution in [0.3, 0.4) is 0 Å². The van der Waals surface area contributed by atoms with Gasteiger partial charge in [-0.2, -0.15) is 0 Å². The normalized spacial score (nSPS) is 12.2. The maximum absolute atomic E-state index is 11.7. The monoisotopic (exact) mass is 308 g/mol. The van der Waals surface area contributed by atoms with Gasteiger partial charge in [0.15, 0.2) is 6.04 Å². The van der Waals surface area contributed by atoms with E-state index in [1.165, 1.54) is 11.3 Å². The molecule has 0 fully saturated rings. The molecule has 0 saturated heterocycles. The Hall–Kier alpha value is -1.74. The molecule has 1 unspecified atom stereocenters. The van der Waals surface area contributed by atoms with Crippen molar-refractivity contribution in [3.63, 3.8) is 0 Å². The molecule has 0 aromatic carbocycles. The summed E-state index contributed by atoms with van der Waals surface area (Å²) < 4.78 is 28.1. The molecule has 0 spiro atoms. The molecule has 0 aliphatic rings. The zero-order valence-corrected chi connectivity index (χ0v) is 11.2. The molecule has 1 aromatic heterocycles. The Balaban J connectivity index is 2.31. The molecular weight excluding hydrogens is 294 g/mol. The molecule has 0 saturated carbocycles. The van der Waals surface area contributed by atoms with Gasteiger partial charge in [-0.1, -0.05) is 6.07 Å². The van der Waals surface area contributed by atoms with Gasteiger partial charge < -0.3 is 20.5 Å². The van der Waals surface area contributed by atoms with Gasteiger partial charge in [0.05, 0.1) is 6.61 Å². The second-order valence-corrected chi connectivity index (χ2v) is 4.63. The third-order valence-electron chi connectivity index (χ3n) is 2.13. The highest BCUT2D eigenvalue weighted by molar-refractivity contribution is 7.10. The van der Waals surface area contributed by atoms with Gasteiger partial charge in [0, 0.05) is 11.4 Å². The third kappa shape index (κ3) is 5.93. The molecule has 3 N–H and O–H groups in total. The van der Waals surface area contributed by atoms with Gasteiger partial charge in [0.2, 0.25) is 0 Å². The van der Waals surface area contributed by atoms with Crippen LogP contribution in [0.1, 0.15) is 10.9 Å². The fraction of sp³-hybridized carbons (Fsp3) is 0.455. The van der Waals surface area contributed by atoms with Crippen LogP contribution in [0.2, 0.25) is 0 Å². The molecule has 112 valence electrons. The van der Waals surface area contributed by atoms with Crippen molar-refractivity contribution in [3.05, 3.63) is 22.4 Å². The number of alkyl halides is 2. The lowest BCUT2D eigenvalue weighted by Gasteiger charge is -2.13. The molecule has 1 rings (SSSR count). The van der Waals surface area contributed by atoms with E-state index < -0.39 is 31.1 Å². The van der Waals surface area contributed by atoms with Gasteiger partial charge in [0.1, 0.15) is 6.61 Å². The number of thiophene rings is 1. The number of carboxylic acid groups (broad SMARTS) is 1. The SMILES string of the molecule is O=C(NCCOCC(F)F)NC(C(=O)O)c1cccs1. The van der Waals surface area contributed by atoms with Crippen LogP contribution in [-0.2, 0) is 9.53 Å². The van der Waals surface area contributed by atoms with Gasteiger partial charge in [-0.25, -0.2) is 18.4 Å². The molecule has 6 nitrogen and oxygen atoms in total. The van der Waals surface area contributed by atoms with Crippen LogP contribution < -0.4 is 10.6 Å². The first kappa shape index (κ1) is 16.3. The van der Waals surface area contributed by atoms with E-state index in [9.17, 15) is 18.4 Å². The minimum atomic E-state index is -2.56. The summed E-state index contributed by atoms with van der Waals surface area (Å²) in [6, 6.07) is 1.42. The summed E-state index contributed by atoms with van der Waals surface area (Å²) in [7, 11) is 0. The fourth-order valence-corrected chi connectivity index (χ4v) is 2.07. The molecule has 1 atom stereocenters. The van der Waals surface area contributed by atoms with E-state index in [-0.39, 0.29) is 13.2 Å². The topological polar surface area (TPSA) is 87.7 Å². The van der Waals surface area contributed by atoms with Crippen LogP contribution in [-0.4, -0.2) is 43.3 Å². The summed E-state index contributed by atoms with van der Waals surface area (Å²) in [6.45, 7) is -0.764. The number of nitrogens with one attached hydrogen (secondary N) is 2. The number of carbonyl (C=O) groups excluding carboxylic acids is 1. The number of halogens is 2. The maximum Gasteiger partial charge on any atom is 0.331 e.